The molecule has 5 nitrogen and oxygen atoms in total. The molecule has 5 aliphatic rings. The lowest BCUT2D eigenvalue weighted by atomic mass is 9.63. The molecule has 0 unspecified atom stereocenters. The maximum Gasteiger partial charge on any atom is 0.334 e. The SMILES string of the molecule is Cc1cccc(C)c1OC(=O)[C@@H](C)N1C(=O)[C@@H]2[C@@H]3C=C[C@H]([C@H]4C[C@H]34)[C@@H]2C1=O. The van der Waals surface area contributed by atoms with Crippen LogP contribution in [0.5, 0.6) is 5.75 Å². The maximum absolute atomic E-state index is 13.1. The van der Waals surface area contributed by atoms with E-state index < -0.39 is 12.0 Å². The number of hydrogen-bond acceptors (Lipinski definition) is 4. The first-order valence-corrected chi connectivity index (χ1v) is 9.73. The van der Waals surface area contributed by atoms with E-state index in [-0.39, 0.29) is 35.5 Å². The van der Waals surface area contributed by atoms with E-state index in [0.717, 1.165) is 17.5 Å². The summed E-state index contributed by atoms with van der Waals surface area (Å²) in [5.41, 5.74) is 1.70. The molecule has 1 aromatic carbocycles. The highest BCUT2D eigenvalue weighted by molar-refractivity contribution is 6.08. The Morgan fingerprint density at radius 1 is 1.04 bits per heavy atom. The Bertz CT molecular complexity index is 847. The van der Waals surface area contributed by atoms with Gasteiger partial charge in [-0.25, -0.2) is 4.79 Å². The van der Waals surface area contributed by atoms with Gasteiger partial charge in [0.15, 0.2) is 0 Å². The summed E-state index contributed by atoms with van der Waals surface area (Å²) in [5, 5.41) is 0. The zero-order valence-electron chi connectivity index (χ0n) is 15.7. The van der Waals surface area contributed by atoms with E-state index in [1.165, 1.54) is 4.90 Å². The summed E-state index contributed by atoms with van der Waals surface area (Å²) in [6.07, 6.45) is 5.39. The molecule has 0 spiro atoms. The molecular weight excluding hydrogens is 342 g/mol. The minimum Gasteiger partial charge on any atom is -0.424 e. The third-order valence-electron chi connectivity index (χ3n) is 7.04. The van der Waals surface area contributed by atoms with Gasteiger partial charge in [-0.1, -0.05) is 30.4 Å². The Balaban J connectivity index is 1.40. The Morgan fingerprint density at radius 2 is 1.56 bits per heavy atom. The highest BCUT2D eigenvalue weighted by Gasteiger charge is 2.67. The topological polar surface area (TPSA) is 63.7 Å². The summed E-state index contributed by atoms with van der Waals surface area (Å²) in [6.45, 7) is 5.34. The second-order valence-corrected chi connectivity index (χ2v) is 8.52. The van der Waals surface area contributed by atoms with Crippen molar-refractivity contribution in [2.75, 3.05) is 0 Å². The van der Waals surface area contributed by atoms with E-state index in [4.69, 9.17) is 4.74 Å². The number of ether oxygens (including phenoxy) is 1. The Labute approximate surface area is 158 Å². The first-order valence-electron chi connectivity index (χ1n) is 9.73. The largest absolute Gasteiger partial charge is 0.424 e. The number of esters is 1. The van der Waals surface area contributed by atoms with Crippen molar-refractivity contribution >= 4 is 17.8 Å². The monoisotopic (exact) mass is 365 g/mol. The van der Waals surface area contributed by atoms with E-state index in [1.54, 1.807) is 6.92 Å². The number of aryl methyl sites for hydroxylation is 2. The van der Waals surface area contributed by atoms with E-state index in [0.29, 0.717) is 17.6 Å². The van der Waals surface area contributed by atoms with E-state index >= 15 is 0 Å². The minimum atomic E-state index is -0.912. The van der Waals surface area contributed by atoms with Gasteiger partial charge in [0.25, 0.3) is 0 Å². The van der Waals surface area contributed by atoms with Gasteiger partial charge in [0, 0.05) is 0 Å². The number of amides is 2. The van der Waals surface area contributed by atoms with Crippen molar-refractivity contribution in [1.29, 1.82) is 0 Å². The van der Waals surface area contributed by atoms with Gasteiger partial charge >= 0.3 is 5.97 Å². The third-order valence-corrected chi connectivity index (χ3v) is 7.04. The number of rotatable bonds is 3. The highest BCUT2D eigenvalue weighted by Crippen LogP contribution is 2.65. The van der Waals surface area contributed by atoms with Crippen LogP contribution < -0.4 is 4.74 Å². The molecule has 2 amide bonds. The minimum absolute atomic E-state index is 0.160. The number of nitrogens with zero attached hydrogens (tertiary/aromatic N) is 1. The normalized spacial score (nSPS) is 36.5. The van der Waals surface area contributed by atoms with Gasteiger partial charge in [-0.05, 0) is 62.0 Å². The smallest absolute Gasteiger partial charge is 0.334 e. The Hall–Kier alpha value is -2.43. The number of hydrogen-bond donors (Lipinski definition) is 0. The maximum atomic E-state index is 13.1. The van der Waals surface area contributed by atoms with Crippen LogP contribution in [0.1, 0.15) is 24.5 Å². The first-order chi connectivity index (χ1) is 12.9. The van der Waals surface area contributed by atoms with Crippen molar-refractivity contribution in [3.8, 4) is 5.75 Å². The molecule has 7 atom stereocenters. The fraction of sp³-hybridized carbons (Fsp3) is 0.500. The van der Waals surface area contributed by atoms with Crippen LogP contribution in [-0.2, 0) is 14.4 Å². The van der Waals surface area contributed by atoms with Crippen LogP contribution in [0, 0.1) is 49.4 Å². The van der Waals surface area contributed by atoms with Crippen molar-refractivity contribution in [2.24, 2.45) is 35.5 Å². The molecule has 2 saturated carbocycles. The van der Waals surface area contributed by atoms with Crippen LogP contribution >= 0.6 is 0 Å². The van der Waals surface area contributed by atoms with Crippen molar-refractivity contribution < 1.29 is 19.1 Å². The number of para-hydroxylation sites is 1. The van der Waals surface area contributed by atoms with Crippen molar-refractivity contribution in [3.05, 3.63) is 41.5 Å². The molecule has 0 radical (unpaired) electrons. The van der Waals surface area contributed by atoms with Crippen molar-refractivity contribution in [2.45, 2.75) is 33.2 Å². The molecule has 1 aromatic rings. The molecule has 0 N–H and O–H groups in total. The zero-order valence-corrected chi connectivity index (χ0v) is 15.7. The standard InChI is InChI=1S/C22H23NO4/c1-10-5-4-6-11(2)19(10)27-22(26)12(3)23-20(24)17-13-7-8-14(16-9-15(13)16)18(17)21(23)25/h4-8,12-18H,9H2,1-3H3/t12-,13-,14-,15-,16-,17-,18+/m1/s1. The fourth-order valence-electron chi connectivity index (χ4n) is 5.61. The van der Waals surface area contributed by atoms with Crippen molar-refractivity contribution in [1.82, 2.24) is 4.90 Å². The molecule has 2 bridgehead atoms. The summed E-state index contributed by atoms with van der Waals surface area (Å²) in [4.78, 5) is 40.2. The first kappa shape index (κ1) is 16.7. The second kappa shape index (κ2) is 5.54. The third kappa shape index (κ3) is 2.20. The summed E-state index contributed by atoms with van der Waals surface area (Å²) < 4.78 is 5.60. The van der Waals surface area contributed by atoms with Crippen LogP contribution in [0.3, 0.4) is 0 Å². The number of imide groups is 1. The van der Waals surface area contributed by atoms with Gasteiger partial charge in [0.1, 0.15) is 11.8 Å². The van der Waals surface area contributed by atoms with E-state index in [9.17, 15) is 14.4 Å². The average molecular weight is 365 g/mol. The number of benzene rings is 1. The molecule has 4 aliphatic carbocycles. The highest BCUT2D eigenvalue weighted by atomic mass is 16.5. The van der Waals surface area contributed by atoms with Crippen LogP contribution in [0.15, 0.2) is 30.4 Å². The van der Waals surface area contributed by atoms with Gasteiger partial charge in [0.05, 0.1) is 11.8 Å². The summed E-state index contributed by atoms with van der Waals surface area (Å²) in [5.74, 6) is 0.415. The van der Waals surface area contributed by atoms with Crippen LogP contribution in [0.25, 0.3) is 0 Å². The molecule has 0 aromatic heterocycles. The molecule has 1 heterocycles. The van der Waals surface area contributed by atoms with E-state index in [1.807, 2.05) is 32.0 Å². The molecule has 5 heteroatoms. The van der Waals surface area contributed by atoms with Gasteiger partial charge in [-0.15, -0.1) is 0 Å². The summed E-state index contributed by atoms with van der Waals surface area (Å²) >= 11 is 0. The molecule has 3 fully saturated rings. The predicted octanol–water partition coefficient (Wildman–Crippen LogP) is 2.65. The van der Waals surface area contributed by atoms with Crippen molar-refractivity contribution in [3.63, 3.8) is 0 Å². The molecule has 1 aliphatic heterocycles. The summed E-state index contributed by atoms with van der Waals surface area (Å²) in [7, 11) is 0. The van der Waals surface area contributed by atoms with Gasteiger partial charge < -0.3 is 4.74 Å². The quantitative estimate of drug-likeness (QED) is 0.358. The fourth-order valence-corrected chi connectivity index (χ4v) is 5.61. The molecule has 27 heavy (non-hydrogen) atoms. The molecular formula is C22H23NO4. The Kier molecular flexibility index (Phi) is 3.43. The number of carbonyl (C=O) groups excluding carboxylic acids is 3. The van der Waals surface area contributed by atoms with Crippen LogP contribution in [0.2, 0.25) is 0 Å². The number of likely N-dealkylation sites (tertiary alicyclic amines) is 1. The molecule has 1 saturated heterocycles. The predicted molar refractivity (Wildman–Crippen MR) is 97.6 cm³/mol. The Morgan fingerprint density at radius 3 is 2.07 bits per heavy atom. The number of carbonyl (C=O) groups is 3. The lowest BCUT2D eigenvalue weighted by Gasteiger charge is -2.37. The average Bonchev–Trinajstić information content (AvgIpc) is 3.42. The van der Waals surface area contributed by atoms with Gasteiger partial charge in [0.2, 0.25) is 11.8 Å². The summed E-state index contributed by atoms with van der Waals surface area (Å²) in [6, 6.07) is 4.73. The molecule has 140 valence electrons. The zero-order chi connectivity index (χ0) is 19.0. The lowest BCUT2D eigenvalue weighted by Crippen LogP contribution is -2.45. The van der Waals surface area contributed by atoms with Gasteiger partial charge in [-0.3, -0.25) is 14.5 Å². The molecule has 6 rings (SSSR count). The van der Waals surface area contributed by atoms with E-state index in [2.05, 4.69) is 12.2 Å². The lowest BCUT2D eigenvalue weighted by molar-refractivity contribution is -0.152. The second-order valence-electron chi connectivity index (χ2n) is 8.52. The van der Waals surface area contributed by atoms with Gasteiger partial charge in [-0.2, -0.15) is 0 Å². The van der Waals surface area contributed by atoms with Crippen LogP contribution in [-0.4, -0.2) is 28.7 Å². The van der Waals surface area contributed by atoms with Crippen LogP contribution in [0.4, 0.5) is 0 Å². The number of allylic oxidation sites excluding steroid dienone is 2.